The van der Waals surface area contributed by atoms with Crippen LogP contribution in [0, 0.1) is 0 Å². The molecule has 26 heavy (non-hydrogen) atoms. The van der Waals surface area contributed by atoms with Crippen LogP contribution in [0.3, 0.4) is 0 Å². The first kappa shape index (κ1) is 17.6. The number of aliphatic imine (C=N–C) groups is 1. The molecule has 3 aliphatic rings. The molecular weight excluding hydrogens is 348 g/mol. The van der Waals surface area contributed by atoms with E-state index < -0.39 is 0 Å². The minimum atomic E-state index is 0.0533. The molecule has 1 aromatic rings. The highest BCUT2D eigenvalue weighted by molar-refractivity contribution is 6.34. The van der Waals surface area contributed by atoms with Gasteiger partial charge in [0.2, 0.25) is 0 Å². The molecule has 0 radical (unpaired) electrons. The van der Waals surface area contributed by atoms with Crippen molar-refractivity contribution in [2.24, 2.45) is 4.99 Å². The molecule has 0 N–H and O–H groups in total. The summed E-state index contributed by atoms with van der Waals surface area (Å²) in [5.74, 6) is 0.756. The Labute approximate surface area is 159 Å². The maximum absolute atomic E-state index is 13.3. The van der Waals surface area contributed by atoms with Crippen molar-refractivity contribution in [3.05, 3.63) is 39.9 Å². The third-order valence-corrected chi connectivity index (χ3v) is 5.64. The third kappa shape index (κ3) is 3.52. The van der Waals surface area contributed by atoms with Crippen LogP contribution < -0.4 is 4.74 Å². The Morgan fingerprint density at radius 3 is 2.77 bits per heavy atom. The number of ether oxygens (including phenoxy) is 1. The second-order valence-corrected chi connectivity index (χ2v) is 8.15. The van der Waals surface area contributed by atoms with Gasteiger partial charge in [-0.2, -0.15) is 0 Å². The summed E-state index contributed by atoms with van der Waals surface area (Å²) in [7, 11) is 0. The van der Waals surface area contributed by atoms with Crippen molar-refractivity contribution in [3.8, 4) is 5.75 Å². The Hall–Kier alpha value is -1.81. The van der Waals surface area contributed by atoms with Crippen LogP contribution in [-0.2, 0) is 0 Å². The maximum Gasteiger partial charge on any atom is 0.255 e. The van der Waals surface area contributed by atoms with Gasteiger partial charge in [0.1, 0.15) is 5.75 Å². The minimum Gasteiger partial charge on any atom is -0.491 e. The van der Waals surface area contributed by atoms with Crippen LogP contribution >= 0.6 is 11.6 Å². The van der Waals surface area contributed by atoms with Crippen LogP contribution in [0.5, 0.6) is 5.75 Å². The summed E-state index contributed by atoms with van der Waals surface area (Å²) < 4.78 is 5.68. The Morgan fingerprint density at radius 2 is 2.08 bits per heavy atom. The van der Waals surface area contributed by atoms with Gasteiger partial charge in [-0.05, 0) is 75.3 Å². The zero-order valence-corrected chi connectivity index (χ0v) is 16.1. The lowest BCUT2D eigenvalue weighted by Crippen LogP contribution is -2.43. The fourth-order valence-corrected chi connectivity index (χ4v) is 4.22. The predicted molar refractivity (Wildman–Crippen MR) is 104 cm³/mol. The molecule has 0 spiro atoms. The van der Waals surface area contributed by atoms with Crippen LogP contribution in [0.25, 0.3) is 0 Å². The van der Waals surface area contributed by atoms with Crippen molar-refractivity contribution in [2.75, 3.05) is 6.54 Å². The first-order chi connectivity index (χ1) is 12.5. The minimum absolute atomic E-state index is 0.0533. The van der Waals surface area contributed by atoms with Gasteiger partial charge in [-0.15, -0.1) is 0 Å². The van der Waals surface area contributed by atoms with Crippen molar-refractivity contribution in [2.45, 2.75) is 64.1 Å². The van der Waals surface area contributed by atoms with Crippen LogP contribution in [0.15, 0.2) is 34.3 Å². The smallest absolute Gasteiger partial charge is 0.255 e. The zero-order chi connectivity index (χ0) is 18.3. The first-order valence-electron chi connectivity index (χ1n) is 9.52. The molecule has 1 aliphatic heterocycles. The van der Waals surface area contributed by atoms with Gasteiger partial charge in [0.15, 0.2) is 0 Å². The molecule has 1 heterocycles. The molecule has 4 rings (SSSR count). The average molecular weight is 373 g/mol. The molecule has 4 nitrogen and oxygen atoms in total. The normalized spacial score (nSPS) is 21.9. The van der Waals surface area contributed by atoms with Crippen molar-refractivity contribution >= 4 is 23.7 Å². The molecule has 1 aromatic carbocycles. The Balaban J connectivity index is 1.56. The second-order valence-electron chi connectivity index (χ2n) is 7.75. The highest BCUT2D eigenvalue weighted by Crippen LogP contribution is 2.38. The quantitative estimate of drug-likeness (QED) is 0.753. The predicted octanol–water partition coefficient (Wildman–Crippen LogP) is 4.67. The molecule has 1 atom stereocenters. The largest absolute Gasteiger partial charge is 0.491 e. The average Bonchev–Trinajstić information content (AvgIpc) is 3.30. The monoisotopic (exact) mass is 372 g/mol. The SMILES string of the molecule is CC(C)Oc1ccc(C(=O)N(C2CC2)C2CCC3=C(C=NC3)C2)c(Cl)c1. The van der Waals surface area contributed by atoms with Crippen molar-refractivity contribution in [1.82, 2.24) is 4.90 Å². The number of carbonyl (C=O) groups excluding carboxylic acids is 1. The standard InChI is InChI=1S/C21H25ClN2O2/c1-13(2)26-18-7-8-19(20(22)10-18)21(25)24(16-5-6-16)17-4-3-14-11-23-12-15(14)9-17/h7-8,10,12-13,16-17H,3-6,9,11H2,1-2H3. The summed E-state index contributed by atoms with van der Waals surface area (Å²) >= 11 is 6.45. The van der Waals surface area contributed by atoms with E-state index in [9.17, 15) is 4.79 Å². The summed E-state index contributed by atoms with van der Waals surface area (Å²) in [6.45, 7) is 4.79. The van der Waals surface area contributed by atoms with Gasteiger partial charge in [0, 0.05) is 18.3 Å². The van der Waals surface area contributed by atoms with E-state index in [-0.39, 0.29) is 18.1 Å². The van der Waals surface area contributed by atoms with Gasteiger partial charge in [-0.3, -0.25) is 9.79 Å². The Kier molecular flexibility index (Phi) is 4.78. The van der Waals surface area contributed by atoms with Gasteiger partial charge in [0.25, 0.3) is 5.91 Å². The molecule has 5 heteroatoms. The summed E-state index contributed by atoms with van der Waals surface area (Å²) in [4.78, 5) is 19.8. The van der Waals surface area contributed by atoms with Gasteiger partial charge >= 0.3 is 0 Å². The molecular formula is C21H25ClN2O2. The number of rotatable bonds is 5. The summed E-state index contributed by atoms with van der Waals surface area (Å²) in [5, 5.41) is 0.469. The summed E-state index contributed by atoms with van der Waals surface area (Å²) in [6, 6.07) is 6.01. The fraction of sp³-hybridized carbons (Fsp3) is 0.524. The van der Waals surface area contributed by atoms with E-state index in [1.165, 1.54) is 11.1 Å². The number of nitrogens with zero attached hydrogens (tertiary/aromatic N) is 2. The molecule has 138 valence electrons. The number of amides is 1. The topological polar surface area (TPSA) is 41.9 Å². The van der Waals surface area contributed by atoms with Crippen molar-refractivity contribution in [3.63, 3.8) is 0 Å². The summed E-state index contributed by atoms with van der Waals surface area (Å²) in [6.07, 6.45) is 7.26. The highest BCUT2D eigenvalue weighted by Gasteiger charge is 2.40. The molecule has 0 aromatic heterocycles. The van der Waals surface area contributed by atoms with Crippen molar-refractivity contribution < 1.29 is 9.53 Å². The lowest BCUT2D eigenvalue weighted by atomic mass is 9.88. The third-order valence-electron chi connectivity index (χ3n) is 5.33. The van der Waals surface area contributed by atoms with E-state index in [1.54, 1.807) is 6.07 Å². The van der Waals surface area contributed by atoms with Crippen LogP contribution in [0.1, 0.15) is 56.3 Å². The van der Waals surface area contributed by atoms with Gasteiger partial charge in [0.05, 0.1) is 23.2 Å². The zero-order valence-electron chi connectivity index (χ0n) is 15.4. The highest BCUT2D eigenvalue weighted by atomic mass is 35.5. The van der Waals surface area contributed by atoms with Crippen LogP contribution in [0.2, 0.25) is 5.02 Å². The number of halogens is 1. The Bertz CT molecular complexity index is 780. The van der Waals surface area contributed by atoms with Gasteiger partial charge in [-0.1, -0.05) is 11.6 Å². The van der Waals surface area contributed by atoms with E-state index in [2.05, 4.69) is 9.89 Å². The number of benzene rings is 1. The number of hydrogen-bond donors (Lipinski definition) is 0. The Morgan fingerprint density at radius 1 is 1.27 bits per heavy atom. The molecule has 0 bridgehead atoms. The van der Waals surface area contributed by atoms with E-state index in [4.69, 9.17) is 16.3 Å². The molecule has 1 unspecified atom stereocenters. The number of hydrogen-bond acceptors (Lipinski definition) is 3. The summed E-state index contributed by atoms with van der Waals surface area (Å²) in [5.41, 5.74) is 3.37. The molecule has 1 fully saturated rings. The lowest BCUT2D eigenvalue weighted by molar-refractivity contribution is 0.0645. The van der Waals surface area contributed by atoms with Crippen LogP contribution in [0.4, 0.5) is 0 Å². The molecule has 1 amide bonds. The van der Waals surface area contributed by atoms with E-state index in [0.717, 1.165) is 38.6 Å². The fourth-order valence-electron chi connectivity index (χ4n) is 3.97. The lowest BCUT2D eigenvalue weighted by Gasteiger charge is -2.35. The van der Waals surface area contributed by atoms with Crippen LogP contribution in [-0.4, -0.2) is 41.8 Å². The van der Waals surface area contributed by atoms with E-state index in [0.29, 0.717) is 22.4 Å². The van der Waals surface area contributed by atoms with Crippen molar-refractivity contribution in [1.29, 1.82) is 0 Å². The maximum atomic E-state index is 13.3. The van der Waals surface area contributed by atoms with E-state index in [1.807, 2.05) is 32.2 Å². The van der Waals surface area contributed by atoms with E-state index >= 15 is 0 Å². The second kappa shape index (κ2) is 7.07. The molecule has 1 saturated carbocycles. The molecule has 2 aliphatic carbocycles. The molecule has 0 saturated heterocycles. The van der Waals surface area contributed by atoms with Gasteiger partial charge in [-0.25, -0.2) is 0 Å². The number of carbonyl (C=O) groups is 1. The van der Waals surface area contributed by atoms with Gasteiger partial charge < -0.3 is 9.64 Å². The first-order valence-corrected chi connectivity index (χ1v) is 9.90.